The van der Waals surface area contributed by atoms with Crippen molar-refractivity contribution in [2.24, 2.45) is 0 Å². The fourth-order valence-corrected chi connectivity index (χ4v) is 3.91. The molecule has 1 atom stereocenters. The Kier molecular flexibility index (Phi) is 5.88. The Morgan fingerprint density at radius 2 is 1.89 bits per heavy atom. The third-order valence-corrected chi connectivity index (χ3v) is 5.09. The number of hydrogen-bond donors (Lipinski definition) is 0. The van der Waals surface area contributed by atoms with Crippen LogP contribution in [0.2, 0.25) is 0 Å². The van der Waals surface area contributed by atoms with Crippen LogP contribution in [0.5, 0.6) is 0 Å². The van der Waals surface area contributed by atoms with Gasteiger partial charge in [0.15, 0.2) is 5.78 Å². The lowest BCUT2D eigenvalue weighted by Crippen LogP contribution is -2.18. The molecule has 0 saturated carbocycles. The number of benzene rings is 1. The Labute approximate surface area is 113 Å². The summed E-state index contributed by atoms with van der Waals surface area (Å²) in [6.45, 7) is 1.94. The molecule has 0 aromatic heterocycles. The van der Waals surface area contributed by atoms with E-state index in [1.807, 2.05) is 25.1 Å². The number of carbonyl (C=O) groups excluding carboxylic acids is 1. The number of carbonyl (C=O) groups is 1. The molecule has 5 heteroatoms. The molecule has 0 saturated heterocycles. The lowest BCUT2D eigenvalue weighted by Gasteiger charge is -2.13. The highest BCUT2D eigenvalue weighted by molar-refractivity contribution is 8.01. The molecule has 0 heterocycles. The first-order chi connectivity index (χ1) is 8.44. The van der Waals surface area contributed by atoms with Crippen molar-refractivity contribution in [2.45, 2.75) is 18.6 Å². The van der Waals surface area contributed by atoms with E-state index in [-0.39, 0.29) is 16.8 Å². The maximum atomic E-state index is 12.2. The van der Waals surface area contributed by atoms with Crippen LogP contribution in [0.25, 0.3) is 0 Å². The number of hydrogen-bond acceptors (Lipinski definition) is 4. The van der Waals surface area contributed by atoms with E-state index in [0.29, 0.717) is 17.7 Å². The van der Waals surface area contributed by atoms with Crippen molar-refractivity contribution in [2.75, 3.05) is 17.8 Å². The summed E-state index contributed by atoms with van der Waals surface area (Å²) in [6.07, 6.45) is 1.93. The van der Waals surface area contributed by atoms with Gasteiger partial charge in [0.2, 0.25) is 0 Å². The number of rotatable bonds is 7. The van der Waals surface area contributed by atoms with Gasteiger partial charge in [0.25, 0.3) is 0 Å². The van der Waals surface area contributed by atoms with Crippen molar-refractivity contribution in [3.63, 3.8) is 0 Å². The van der Waals surface area contributed by atoms with Gasteiger partial charge in [-0.15, -0.1) is 11.8 Å². The van der Waals surface area contributed by atoms with Crippen LogP contribution in [0.4, 0.5) is 0 Å². The van der Waals surface area contributed by atoms with E-state index < -0.39 is 9.84 Å². The highest BCUT2D eigenvalue weighted by atomic mass is 32.2. The SMILES string of the molecule is CCC(SCCS(C)(=O)=O)C(=O)c1ccccc1. The zero-order valence-electron chi connectivity index (χ0n) is 10.6. The molecule has 18 heavy (non-hydrogen) atoms. The van der Waals surface area contributed by atoms with Crippen molar-refractivity contribution in [1.82, 2.24) is 0 Å². The van der Waals surface area contributed by atoms with E-state index in [9.17, 15) is 13.2 Å². The number of sulfone groups is 1. The van der Waals surface area contributed by atoms with Gasteiger partial charge >= 0.3 is 0 Å². The molecule has 0 aliphatic heterocycles. The zero-order chi connectivity index (χ0) is 13.6. The van der Waals surface area contributed by atoms with Crippen molar-refractivity contribution < 1.29 is 13.2 Å². The first-order valence-corrected chi connectivity index (χ1v) is 8.93. The van der Waals surface area contributed by atoms with Gasteiger partial charge in [-0.25, -0.2) is 8.42 Å². The molecule has 1 rings (SSSR count). The smallest absolute Gasteiger partial charge is 0.175 e. The second kappa shape index (κ2) is 6.95. The quantitative estimate of drug-likeness (QED) is 0.722. The highest BCUT2D eigenvalue weighted by Gasteiger charge is 2.18. The summed E-state index contributed by atoms with van der Waals surface area (Å²) in [4.78, 5) is 12.2. The Morgan fingerprint density at radius 3 is 2.39 bits per heavy atom. The fourth-order valence-electron chi connectivity index (χ4n) is 1.51. The first-order valence-electron chi connectivity index (χ1n) is 5.82. The molecule has 0 aliphatic carbocycles. The molecule has 0 spiro atoms. The average Bonchev–Trinajstić information content (AvgIpc) is 2.34. The van der Waals surface area contributed by atoms with Crippen LogP contribution in [-0.2, 0) is 9.84 Å². The Morgan fingerprint density at radius 1 is 1.28 bits per heavy atom. The highest BCUT2D eigenvalue weighted by Crippen LogP contribution is 2.19. The number of Topliss-reactive ketones (excluding diaryl/α,β-unsaturated/α-hetero) is 1. The van der Waals surface area contributed by atoms with Gasteiger partial charge in [0.1, 0.15) is 9.84 Å². The van der Waals surface area contributed by atoms with Crippen LogP contribution < -0.4 is 0 Å². The normalized spacial score (nSPS) is 13.2. The van der Waals surface area contributed by atoms with Crippen LogP contribution in [0, 0.1) is 0 Å². The van der Waals surface area contributed by atoms with Crippen LogP contribution in [-0.4, -0.2) is 37.2 Å². The molecular formula is C13H18O3S2. The molecule has 0 amide bonds. The first kappa shape index (κ1) is 15.2. The van der Waals surface area contributed by atoms with E-state index in [1.165, 1.54) is 18.0 Å². The third kappa shape index (κ3) is 5.23. The minimum Gasteiger partial charge on any atom is -0.293 e. The van der Waals surface area contributed by atoms with Gasteiger partial charge in [-0.1, -0.05) is 37.3 Å². The lowest BCUT2D eigenvalue weighted by molar-refractivity contribution is 0.0988. The van der Waals surface area contributed by atoms with Crippen molar-refractivity contribution in [1.29, 1.82) is 0 Å². The minimum absolute atomic E-state index is 0.0802. The summed E-state index contributed by atoms with van der Waals surface area (Å²) >= 11 is 1.42. The van der Waals surface area contributed by atoms with Crippen molar-refractivity contribution >= 4 is 27.4 Å². The third-order valence-electron chi connectivity index (χ3n) is 2.49. The fraction of sp³-hybridized carbons (Fsp3) is 0.462. The molecule has 1 aromatic rings. The van der Waals surface area contributed by atoms with E-state index in [1.54, 1.807) is 12.1 Å². The molecule has 1 aromatic carbocycles. The standard InChI is InChI=1S/C13H18O3S2/c1-3-12(17-9-10-18(2,15)16)13(14)11-7-5-4-6-8-11/h4-8,12H,3,9-10H2,1-2H3. The predicted molar refractivity (Wildman–Crippen MR) is 77.0 cm³/mol. The average molecular weight is 286 g/mol. The molecule has 0 fully saturated rings. The molecule has 0 N–H and O–H groups in total. The van der Waals surface area contributed by atoms with Gasteiger partial charge in [0, 0.05) is 17.6 Å². The number of thioether (sulfide) groups is 1. The lowest BCUT2D eigenvalue weighted by atomic mass is 10.1. The summed E-state index contributed by atoms with van der Waals surface area (Å²) in [5.41, 5.74) is 0.691. The summed E-state index contributed by atoms with van der Waals surface area (Å²) in [6, 6.07) is 9.13. The summed E-state index contributed by atoms with van der Waals surface area (Å²) in [5.74, 6) is 0.670. The maximum absolute atomic E-state index is 12.2. The summed E-state index contributed by atoms with van der Waals surface area (Å²) < 4.78 is 22.1. The molecule has 100 valence electrons. The van der Waals surface area contributed by atoms with Crippen LogP contribution in [0.3, 0.4) is 0 Å². The van der Waals surface area contributed by atoms with E-state index in [4.69, 9.17) is 0 Å². The minimum atomic E-state index is -2.95. The van der Waals surface area contributed by atoms with Crippen LogP contribution >= 0.6 is 11.8 Å². The Hall–Kier alpha value is -0.810. The second-order valence-corrected chi connectivity index (χ2v) is 7.70. The molecule has 0 aliphatic rings. The predicted octanol–water partition coefficient (Wildman–Crippen LogP) is 2.43. The van der Waals surface area contributed by atoms with Crippen molar-refractivity contribution in [3.8, 4) is 0 Å². The topological polar surface area (TPSA) is 51.2 Å². The van der Waals surface area contributed by atoms with Crippen LogP contribution in [0.1, 0.15) is 23.7 Å². The monoisotopic (exact) mass is 286 g/mol. The summed E-state index contributed by atoms with van der Waals surface area (Å²) in [5, 5.41) is -0.158. The van der Waals surface area contributed by atoms with Gasteiger partial charge in [-0.05, 0) is 6.42 Å². The zero-order valence-corrected chi connectivity index (χ0v) is 12.3. The number of ketones is 1. The molecule has 3 nitrogen and oxygen atoms in total. The molecule has 0 radical (unpaired) electrons. The van der Waals surface area contributed by atoms with Gasteiger partial charge < -0.3 is 0 Å². The Bertz CT molecular complexity index is 480. The van der Waals surface area contributed by atoms with E-state index >= 15 is 0 Å². The van der Waals surface area contributed by atoms with Crippen molar-refractivity contribution in [3.05, 3.63) is 35.9 Å². The Balaban J connectivity index is 2.59. The largest absolute Gasteiger partial charge is 0.293 e. The van der Waals surface area contributed by atoms with E-state index in [0.717, 1.165) is 0 Å². The molecule has 1 unspecified atom stereocenters. The molecular weight excluding hydrogens is 268 g/mol. The van der Waals surface area contributed by atoms with Gasteiger partial charge in [-0.3, -0.25) is 4.79 Å². The molecule has 0 bridgehead atoms. The van der Waals surface area contributed by atoms with Crippen LogP contribution in [0.15, 0.2) is 30.3 Å². The maximum Gasteiger partial charge on any atom is 0.175 e. The van der Waals surface area contributed by atoms with Gasteiger partial charge in [-0.2, -0.15) is 0 Å². The van der Waals surface area contributed by atoms with Gasteiger partial charge in [0.05, 0.1) is 11.0 Å². The second-order valence-electron chi connectivity index (χ2n) is 4.13. The summed E-state index contributed by atoms with van der Waals surface area (Å²) in [7, 11) is -2.95. The van der Waals surface area contributed by atoms with E-state index in [2.05, 4.69) is 0 Å².